The average Bonchev–Trinajstić information content (AvgIpc) is 2.64. The maximum absolute atomic E-state index is 12.5. The SMILES string of the molecule is CC1CCCCN1c1ncc2c(O)c(C(=O)NCC=O)c(=O)n(C)c2n1. The molecule has 0 aliphatic carbocycles. The quantitative estimate of drug-likeness (QED) is 0.756. The fourth-order valence-corrected chi connectivity index (χ4v) is 3.25. The molecule has 1 fully saturated rings. The second-order valence-electron chi connectivity index (χ2n) is 6.41. The van der Waals surface area contributed by atoms with E-state index in [4.69, 9.17) is 0 Å². The standard InChI is InChI=1S/C17H21N5O4/c1-10-5-3-4-7-22(10)17-19-9-11-13(24)12(15(25)18-6-8-23)16(26)21(2)14(11)20-17/h8-10,24H,3-7H2,1-2H3,(H,18,25). The lowest BCUT2D eigenvalue weighted by atomic mass is 10.0. The number of piperidine rings is 1. The number of pyridine rings is 1. The van der Waals surface area contributed by atoms with E-state index in [1.165, 1.54) is 17.8 Å². The highest BCUT2D eigenvalue weighted by Crippen LogP contribution is 2.27. The zero-order valence-corrected chi connectivity index (χ0v) is 14.7. The molecule has 0 spiro atoms. The van der Waals surface area contributed by atoms with Crippen LogP contribution in [0.25, 0.3) is 11.0 Å². The van der Waals surface area contributed by atoms with Gasteiger partial charge in [-0.3, -0.25) is 14.2 Å². The van der Waals surface area contributed by atoms with Gasteiger partial charge in [-0.05, 0) is 26.2 Å². The number of amides is 1. The second kappa shape index (κ2) is 7.11. The van der Waals surface area contributed by atoms with Crippen LogP contribution in [0.4, 0.5) is 5.95 Å². The number of carbonyl (C=O) groups is 2. The fourth-order valence-electron chi connectivity index (χ4n) is 3.25. The van der Waals surface area contributed by atoms with Crippen molar-refractivity contribution < 1.29 is 14.7 Å². The lowest BCUT2D eigenvalue weighted by Gasteiger charge is -2.33. The van der Waals surface area contributed by atoms with E-state index in [2.05, 4.69) is 27.1 Å². The number of aromatic nitrogens is 3. The van der Waals surface area contributed by atoms with Crippen molar-refractivity contribution in [3.8, 4) is 5.75 Å². The van der Waals surface area contributed by atoms with Gasteiger partial charge in [0.1, 0.15) is 17.6 Å². The highest BCUT2D eigenvalue weighted by Gasteiger charge is 2.25. The van der Waals surface area contributed by atoms with Crippen LogP contribution in [0.15, 0.2) is 11.0 Å². The molecule has 1 unspecified atom stereocenters. The molecular weight excluding hydrogens is 338 g/mol. The van der Waals surface area contributed by atoms with Crippen molar-refractivity contribution in [2.75, 3.05) is 18.0 Å². The molecule has 0 saturated carbocycles. The summed E-state index contributed by atoms with van der Waals surface area (Å²) < 4.78 is 1.21. The molecule has 26 heavy (non-hydrogen) atoms. The largest absolute Gasteiger partial charge is 0.506 e. The van der Waals surface area contributed by atoms with Crippen LogP contribution in [0.5, 0.6) is 5.75 Å². The minimum atomic E-state index is -0.814. The Labute approximate surface area is 149 Å². The summed E-state index contributed by atoms with van der Waals surface area (Å²) in [7, 11) is 1.48. The Bertz CT molecular complexity index is 923. The molecule has 1 amide bonds. The first-order valence-corrected chi connectivity index (χ1v) is 8.53. The molecule has 3 heterocycles. The normalized spacial score (nSPS) is 17.3. The zero-order chi connectivity index (χ0) is 18.8. The van der Waals surface area contributed by atoms with Gasteiger partial charge in [0.05, 0.1) is 11.9 Å². The van der Waals surface area contributed by atoms with Gasteiger partial charge in [0.2, 0.25) is 5.95 Å². The third kappa shape index (κ3) is 3.00. The van der Waals surface area contributed by atoms with Crippen molar-refractivity contribution in [2.45, 2.75) is 32.2 Å². The van der Waals surface area contributed by atoms with Gasteiger partial charge < -0.3 is 20.1 Å². The first kappa shape index (κ1) is 17.8. The Morgan fingerprint density at radius 3 is 2.92 bits per heavy atom. The Morgan fingerprint density at radius 1 is 1.46 bits per heavy atom. The number of anilines is 1. The molecule has 1 aliphatic heterocycles. The number of rotatable bonds is 4. The van der Waals surface area contributed by atoms with Gasteiger partial charge in [0, 0.05) is 25.8 Å². The predicted molar refractivity (Wildman–Crippen MR) is 95.5 cm³/mol. The molecule has 9 heteroatoms. The van der Waals surface area contributed by atoms with Gasteiger partial charge in [-0.15, -0.1) is 0 Å². The van der Waals surface area contributed by atoms with Crippen LogP contribution in [0.2, 0.25) is 0 Å². The molecule has 3 rings (SSSR count). The van der Waals surface area contributed by atoms with Crippen molar-refractivity contribution in [3.63, 3.8) is 0 Å². The molecule has 2 aromatic rings. The molecule has 2 N–H and O–H groups in total. The van der Waals surface area contributed by atoms with E-state index in [0.717, 1.165) is 25.8 Å². The molecule has 0 bridgehead atoms. The van der Waals surface area contributed by atoms with Crippen LogP contribution in [-0.2, 0) is 11.8 Å². The molecule has 1 saturated heterocycles. The van der Waals surface area contributed by atoms with Crippen molar-refractivity contribution >= 4 is 29.2 Å². The van der Waals surface area contributed by atoms with Crippen LogP contribution >= 0.6 is 0 Å². The molecule has 9 nitrogen and oxygen atoms in total. The number of aldehydes is 1. The lowest BCUT2D eigenvalue weighted by molar-refractivity contribution is -0.107. The van der Waals surface area contributed by atoms with Crippen LogP contribution in [0.3, 0.4) is 0 Å². The summed E-state index contributed by atoms with van der Waals surface area (Å²) in [6.07, 6.45) is 5.16. The molecule has 0 aromatic carbocycles. The van der Waals surface area contributed by atoms with Crippen molar-refractivity contribution in [3.05, 3.63) is 22.1 Å². The minimum absolute atomic E-state index is 0.205. The Balaban J connectivity index is 2.11. The smallest absolute Gasteiger partial charge is 0.268 e. The van der Waals surface area contributed by atoms with E-state index in [-0.39, 0.29) is 17.6 Å². The number of aromatic hydroxyl groups is 1. The van der Waals surface area contributed by atoms with E-state index >= 15 is 0 Å². The van der Waals surface area contributed by atoms with E-state index in [9.17, 15) is 19.5 Å². The molecule has 138 valence electrons. The van der Waals surface area contributed by atoms with E-state index in [1.807, 2.05) is 0 Å². The summed E-state index contributed by atoms with van der Waals surface area (Å²) in [5, 5.41) is 12.9. The Morgan fingerprint density at radius 2 is 2.23 bits per heavy atom. The summed E-state index contributed by atoms with van der Waals surface area (Å²) in [5.74, 6) is -0.798. The number of nitrogens with zero attached hydrogens (tertiary/aromatic N) is 4. The maximum atomic E-state index is 12.5. The number of nitrogens with one attached hydrogen (secondary N) is 1. The average molecular weight is 359 g/mol. The Hall–Kier alpha value is -2.97. The molecule has 0 radical (unpaired) electrons. The van der Waals surface area contributed by atoms with E-state index in [0.29, 0.717) is 18.3 Å². The van der Waals surface area contributed by atoms with Crippen LogP contribution in [-0.4, -0.2) is 51.0 Å². The zero-order valence-electron chi connectivity index (χ0n) is 14.7. The number of hydrogen-bond donors (Lipinski definition) is 2. The summed E-state index contributed by atoms with van der Waals surface area (Å²) in [5.41, 5.74) is -0.860. The summed E-state index contributed by atoms with van der Waals surface area (Å²) >= 11 is 0. The van der Waals surface area contributed by atoms with Crippen molar-refractivity contribution in [1.82, 2.24) is 19.9 Å². The maximum Gasteiger partial charge on any atom is 0.268 e. The number of fused-ring (bicyclic) bond motifs is 1. The summed E-state index contributed by atoms with van der Waals surface area (Å²) in [6, 6.07) is 0.292. The molecule has 2 aromatic heterocycles. The Kier molecular flexibility index (Phi) is 4.88. The lowest BCUT2D eigenvalue weighted by Crippen LogP contribution is -2.39. The predicted octanol–water partition coefficient (Wildman–Crippen LogP) is 0.342. The van der Waals surface area contributed by atoms with Gasteiger partial charge in [0.15, 0.2) is 5.65 Å². The summed E-state index contributed by atoms with van der Waals surface area (Å²) in [6.45, 7) is 2.68. The monoisotopic (exact) mass is 359 g/mol. The first-order chi connectivity index (χ1) is 12.5. The van der Waals surface area contributed by atoms with Gasteiger partial charge in [-0.25, -0.2) is 4.98 Å². The van der Waals surface area contributed by atoms with Crippen molar-refractivity contribution in [2.24, 2.45) is 7.05 Å². The number of hydrogen-bond acceptors (Lipinski definition) is 7. The highest BCUT2D eigenvalue weighted by atomic mass is 16.3. The third-order valence-electron chi connectivity index (χ3n) is 4.72. The van der Waals surface area contributed by atoms with Gasteiger partial charge in [-0.2, -0.15) is 4.98 Å². The van der Waals surface area contributed by atoms with Crippen LogP contribution < -0.4 is 15.8 Å². The van der Waals surface area contributed by atoms with Crippen molar-refractivity contribution in [1.29, 1.82) is 0 Å². The molecule has 1 aliphatic rings. The topological polar surface area (TPSA) is 117 Å². The third-order valence-corrected chi connectivity index (χ3v) is 4.72. The minimum Gasteiger partial charge on any atom is -0.506 e. The van der Waals surface area contributed by atoms with Gasteiger partial charge in [0.25, 0.3) is 11.5 Å². The molecule has 1 atom stereocenters. The summed E-state index contributed by atoms with van der Waals surface area (Å²) in [4.78, 5) is 45.9. The van der Waals surface area contributed by atoms with Crippen LogP contribution in [0, 0.1) is 0 Å². The highest BCUT2D eigenvalue weighted by molar-refractivity contribution is 6.02. The number of carbonyl (C=O) groups excluding carboxylic acids is 2. The number of aryl methyl sites for hydroxylation is 1. The molecular formula is C17H21N5O4. The van der Waals surface area contributed by atoms with Crippen LogP contribution in [0.1, 0.15) is 36.5 Å². The van der Waals surface area contributed by atoms with E-state index in [1.54, 1.807) is 0 Å². The van der Waals surface area contributed by atoms with Gasteiger partial charge in [-0.1, -0.05) is 0 Å². The van der Waals surface area contributed by atoms with E-state index < -0.39 is 22.8 Å². The van der Waals surface area contributed by atoms with Gasteiger partial charge >= 0.3 is 0 Å². The fraction of sp³-hybridized carbons (Fsp3) is 0.471. The second-order valence-corrected chi connectivity index (χ2v) is 6.41. The first-order valence-electron chi connectivity index (χ1n) is 8.53.